The fraction of sp³-hybridized carbons (Fsp3) is 0.250. The zero-order valence-corrected chi connectivity index (χ0v) is 20.2. The van der Waals surface area contributed by atoms with Gasteiger partial charge in [0.05, 0.1) is 17.5 Å². The predicted molar refractivity (Wildman–Crippen MR) is 136 cm³/mol. The van der Waals surface area contributed by atoms with Gasteiger partial charge in [-0.05, 0) is 54.4 Å². The number of amides is 1. The molecule has 0 radical (unpaired) electrons. The van der Waals surface area contributed by atoms with E-state index in [0.717, 1.165) is 28.9 Å². The molecule has 4 aromatic rings. The van der Waals surface area contributed by atoms with E-state index in [9.17, 15) is 4.79 Å². The minimum absolute atomic E-state index is 0.109. The van der Waals surface area contributed by atoms with Crippen molar-refractivity contribution in [1.29, 1.82) is 0 Å². The van der Waals surface area contributed by atoms with E-state index in [1.165, 1.54) is 5.56 Å². The van der Waals surface area contributed by atoms with Gasteiger partial charge in [0, 0.05) is 19.3 Å². The summed E-state index contributed by atoms with van der Waals surface area (Å²) in [5.74, 6) is 0.675. The van der Waals surface area contributed by atoms with Crippen molar-refractivity contribution in [3.05, 3.63) is 102 Å². The number of rotatable bonds is 8. The van der Waals surface area contributed by atoms with Gasteiger partial charge in [0.15, 0.2) is 5.82 Å². The Morgan fingerprint density at radius 3 is 2.41 bits per heavy atom. The molecule has 1 amide bonds. The molecule has 6 heteroatoms. The van der Waals surface area contributed by atoms with Crippen molar-refractivity contribution >= 4 is 5.91 Å². The van der Waals surface area contributed by atoms with Crippen molar-refractivity contribution in [3.63, 3.8) is 0 Å². The van der Waals surface area contributed by atoms with E-state index in [0.29, 0.717) is 17.9 Å². The van der Waals surface area contributed by atoms with Gasteiger partial charge in [-0.3, -0.25) is 4.79 Å². The average Bonchev–Trinajstić information content (AvgIpc) is 3.29. The van der Waals surface area contributed by atoms with Crippen LogP contribution >= 0.6 is 0 Å². The lowest BCUT2D eigenvalue weighted by Gasteiger charge is -2.14. The molecule has 2 aromatic heterocycles. The summed E-state index contributed by atoms with van der Waals surface area (Å²) in [5, 5.41) is 7.57. The van der Waals surface area contributed by atoms with E-state index < -0.39 is 0 Å². The van der Waals surface area contributed by atoms with Crippen LogP contribution < -0.4 is 5.32 Å². The second kappa shape index (κ2) is 10.4. The number of aromatic nitrogens is 3. The van der Waals surface area contributed by atoms with Crippen molar-refractivity contribution in [2.75, 3.05) is 14.1 Å². The number of hydrogen-bond donors (Lipinski definition) is 1. The third kappa shape index (κ3) is 5.24. The van der Waals surface area contributed by atoms with Gasteiger partial charge in [-0.15, -0.1) is 0 Å². The lowest BCUT2D eigenvalue weighted by atomic mass is 9.98. The molecule has 4 rings (SSSR count). The van der Waals surface area contributed by atoms with Gasteiger partial charge in [-0.2, -0.15) is 5.10 Å². The van der Waals surface area contributed by atoms with Gasteiger partial charge in [-0.25, -0.2) is 9.67 Å². The van der Waals surface area contributed by atoms with Crippen LogP contribution in [0.15, 0.2) is 79.1 Å². The Morgan fingerprint density at radius 2 is 1.74 bits per heavy atom. The first-order valence-electron chi connectivity index (χ1n) is 11.5. The van der Waals surface area contributed by atoms with Gasteiger partial charge >= 0.3 is 0 Å². The van der Waals surface area contributed by atoms with Crippen LogP contribution in [0.25, 0.3) is 16.9 Å². The number of benzene rings is 2. The maximum absolute atomic E-state index is 13.2. The third-order valence-electron chi connectivity index (χ3n) is 5.68. The van der Waals surface area contributed by atoms with E-state index in [2.05, 4.69) is 84.6 Å². The molecule has 0 unspecified atom stereocenters. The Kier molecular flexibility index (Phi) is 7.18. The highest BCUT2D eigenvalue weighted by Gasteiger charge is 2.21. The Bertz CT molecular complexity index is 1240. The largest absolute Gasteiger partial charge is 0.348 e. The molecule has 0 saturated heterocycles. The van der Waals surface area contributed by atoms with Crippen molar-refractivity contribution in [2.24, 2.45) is 0 Å². The molecule has 0 spiro atoms. The van der Waals surface area contributed by atoms with Gasteiger partial charge in [0.1, 0.15) is 0 Å². The average molecular weight is 454 g/mol. The summed E-state index contributed by atoms with van der Waals surface area (Å²) in [7, 11) is 4.13. The third-order valence-corrected chi connectivity index (χ3v) is 5.68. The standard InChI is InChI=1S/C28H31N5O/c1-20(2)27-25(18-31-33(27)26-11-7-8-16-29-26)28(34)30-17-23-9-5-6-10-24(23)22-14-12-21(13-15-22)19-32(3)4/h5-16,18,20H,17,19H2,1-4H3,(H,30,34). The number of pyridine rings is 1. The van der Waals surface area contributed by atoms with Crippen LogP contribution in [0, 0.1) is 0 Å². The van der Waals surface area contributed by atoms with Crippen molar-refractivity contribution in [3.8, 4) is 16.9 Å². The summed E-state index contributed by atoms with van der Waals surface area (Å²) in [4.78, 5) is 19.7. The minimum atomic E-state index is -0.137. The monoisotopic (exact) mass is 453 g/mol. The van der Waals surface area contributed by atoms with Crippen LogP contribution in [0.1, 0.15) is 46.9 Å². The number of nitrogens with one attached hydrogen (secondary N) is 1. The quantitative estimate of drug-likeness (QED) is 0.406. The SMILES string of the molecule is CC(C)c1c(C(=O)NCc2ccccc2-c2ccc(CN(C)C)cc2)cnn1-c1ccccn1. The highest BCUT2D eigenvalue weighted by molar-refractivity contribution is 5.95. The second-order valence-electron chi connectivity index (χ2n) is 8.97. The fourth-order valence-corrected chi connectivity index (χ4v) is 4.13. The molecule has 2 heterocycles. The summed E-state index contributed by atoms with van der Waals surface area (Å²) in [5.41, 5.74) is 6.02. The molecule has 34 heavy (non-hydrogen) atoms. The molecule has 1 N–H and O–H groups in total. The molecule has 174 valence electrons. The van der Waals surface area contributed by atoms with Crippen molar-refractivity contribution < 1.29 is 4.79 Å². The van der Waals surface area contributed by atoms with Gasteiger partial charge in [0.2, 0.25) is 0 Å². The predicted octanol–water partition coefficient (Wildman–Crippen LogP) is 5.05. The van der Waals surface area contributed by atoms with Crippen molar-refractivity contribution in [1.82, 2.24) is 25.0 Å². The maximum atomic E-state index is 13.2. The molecular formula is C28H31N5O. The van der Waals surface area contributed by atoms with Crippen molar-refractivity contribution in [2.45, 2.75) is 32.9 Å². The van der Waals surface area contributed by atoms with E-state index in [4.69, 9.17) is 0 Å². The van der Waals surface area contributed by atoms with Crippen LogP contribution in [-0.2, 0) is 13.1 Å². The van der Waals surface area contributed by atoms with Crippen LogP contribution in [0.4, 0.5) is 0 Å². The van der Waals surface area contributed by atoms with Gasteiger partial charge in [-0.1, -0.05) is 68.4 Å². The smallest absolute Gasteiger partial charge is 0.255 e. The molecular weight excluding hydrogens is 422 g/mol. The normalized spacial score (nSPS) is 11.2. The Hall–Kier alpha value is -3.77. The van der Waals surface area contributed by atoms with Crippen LogP contribution in [-0.4, -0.2) is 39.7 Å². The van der Waals surface area contributed by atoms with Crippen LogP contribution in [0.5, 0.6) is 0 Å². The van der Waals surface area contributed by atoms with Crippen LogP contribution in [0.3, 0.4) is 0 Å². The topological polar surface area (TPSA) is 63.1 Å². The zero-order chi connectivity index (χ0) is 24.1. The molecule has 0 saturated carbocycles. The number of hydrogen-bond acceptors (Lipinski definition) is 4. The molecule has 2 aromatic carbocycles. The highest BCUT2D eigenvalue weighted by Crippen LogP contribution is 2.25. The minimum Gasteiger partial charge on any atom is -0.348 e. The summed E-state index contributed by atoms with van der Waals surface area (Å²) >= 11 is 0. The zero-order valence-electron chi connectivity index (χ0n) is 20.2. The summed E-state index contributed by atoms with van der Waals surface area (Å²) in [6, 6.07) is 22.5. The fourth-order valence-electron chi connectivity index (χ4n) is 4.13. The van der Waals surface area contributed by atoms with Crippen LogP contribution in [0.2, 0.25) is 0 Å². The number of nitrogens with zero attached hydrogens (tertiary/aromatic N) is 4. The first kappa shape index (κ1) is 23.4. The lowest BCUT2D eigenvalue weighted by Crippen LogP contribution is -2.24. The number of carbonyl (C=O) groups is 1. The summed E-state index contributed by atoms with van der Waals surface area (Å²) in [6.45, 7) is 5.45. The Balaban J connectivity index is 1.54. The molecule has 0 aliphatic heterocycles. The van der Waals surface area contributed by atoms with Gasteiger partial charge in [0.25, 0.3) is 5.91 Å². The van der Waals surface area contributed by atoms with Gasteiger partial charge < -0.3 is 10.2 Å². The molecule has 0 atom stereocenters. The first-order chi connectivity index (χ1) is 16.4. The van der Waals surface area contributed by atoms with E-state index in [1.807, 2.05) is 30.3 Å². The Labute approximate surface area is 201 Å². The van der Waals surface area contributed by atoms with E-state index in [-0.39, 0.29) is 11.8 Å². The number of carbonyl (C=O) groups excluding carboxylic acids is 1. The summed E-state index contributed by atoms with van der Waals surface area (Å²) in [6.07, 6.45) is 3.36. The Morgan fingerprint density at radius 1 is 1.00 bits per heavy atom. The summed E-state index contributed by atoms with van der Waals surface area (Å²) < 4.78 is 1.75. The molecule has 0 aliphatic rings. The highest BCUT2D eigenvalue weighted by atomic mass is 16.1. The first-order valence-corrected chi connectivity index (χ1v) is 11.5. The second-order valence-corrected chi connectivity index (χ2v) is 8.97. The van der Waals surface area contributed by atoms with E-state index >= 15 is 0 Å². The molecule has 6 nitrogen and oxygen atoms in total. The lowest BCUT2D eigenvalue weighted by molar-refractivity contribution is 0.0949. The van der Waals surface area contributed by atoms with E-state index in [1.54, 1.807) is 17.1 Å². The maximum Gasteiger partial charge on any atom is 0.255 e. The molecule has 0 aliphatic carbocycles. The molecule has 0 fully saturated rings. The molecule has 0 bridgehead atoms.